The summed E-state index contributed by atoms with van der Waals surface area (Å²) in [6.45, 7) is 2.94. The molecular formula is C23H19F3N2O3. The lowest BCUT2D eigenvalue weighted by Gasteiger charge is -2.15. The Hall–Kier alpha value is -3.68. The Balaban J connectivity index is 1.70. The third-order valence-corrected chi connectivity index (χ3v) is 4.49. The van der Waals surface area contributed by atoms with Gasteiger partial charge in [0, 0.05) is 23.5 Å². The molecule has 0 fully saturated rings. The van der Waals surface area contributed by atoms with Gasteiger partial charge in [-0.3, -0.25) is 9.59 Å². The van der Waals surface area contributed by atoms with E-state index in [1.54, 1.807) is 43.5 Å². The molecule has 0 aliphatic heterocycles. The maximum Gasteiger partial charge on any atom is 0.416 e. The highest BCUT2D eigenvalue weighted by atomic mass is 19.4. The highest BCUT2D eigenvalue weighted by molar-refractivity contribution is 6.11. The van der Waals surface area contributed by atoms with E-state index >= 15 is 0 Å². The number of hydrogen-bond donors (Lipinski definition) is 1. The summed E-state index contributed by atoms with van der Waals surface area (Å²) in [4.78, 5) is 28.9. The number of pyridine rings is 1. The molecule has 5 nitrogen and oxygen atoms in total. The number of carbonyl (C=O) groups is 2. The molecule has 3 rings (SSSR count). The summed E-state index contributed by atoms with van der Waals surface area (Å²) in [6.07, 6.45) is -3.51. The number of nitrogens with one attached hydrogen (secondary N) is 1. The Bertz CT molecular complexity index is 1110. The normalized spacial score (nSPS) is 11.1. The van der Waals surface area contributed by atoms with Gasteiger partial charge in [0.15, 0.2) is 5.78 Å². The molecule has 2 aromatic carbocycles. The van der Waals surface area contributed by atoms with E-state index in [4.69, 9.17) is 4.74 Å². The number of carbonyl (C=O) groups excluding carboxylic acids is 2. The lowest BCUT2D eigenvalue weighted by Crippen LogP contribution is -2.18. The average Bonchev–Trinajstić information content (AvgIpc) is 2.70. The number of alkyl halides is 3. The number of halogens is 3. The fourth-order valence-corrected chi connectivity index (χ4v) is 3.00. The molecule has 1 amide bonds. The number of Topliss-reactive ketones (excluding diaryl/α,β-unsaturated/α-hetero) is 1. The van der Waals surface area contributed by atoms with Crippen molar-refractivity contribution in [3.05, 3.63) is 83.0 Å². The van der Waals surface area contributed by atoms with Crippen LogP contribution in [0.5, 0.6) is 11.6 Å². The van der Waals surface area contributed by atoms with Gasteiger partial charge in [0.2, 0.25) is 11.8 Å². The van der Waals surface area contributed by atoms with Gasteiger partial charge in [-0.05, 0) is 49.2 Å². The molecule has 1 aromatic heterocycles. The molecule has 0 spiro atoms. The number of aromatic nitrogens is 1. The average molecular weight is 428 g/mol. The summed E-state index contributed by atoms with van der Waals surface area (Å²) < 4.78 is 45.0. The van der Waals surface area contributed by atoms with E-state index in [0.717, 1.165) is 6.07 Å². The van der Waals surface area contributed by atoms with Crippen LogP contribution in [0, 0.1) is 13.8 Å². The van der Waals surface area contributed by atoms with E-state index in [1.807, 2.05) is 0 Å². The fourth-order valence-electron chi connectivity index (χ4n) is 3.00. The molecule has 0 atom stereocenters. The number of nitrogens with zero attached hydrogens (tertiary/aromatic N) is 1. The lowest BCUT2D eigenvalue weighted by atomic mass is 10.0. The minimum absolute atomic E-state index is 0.0166. The Morgan fingerprint density at radius 1 is 1.00 bits per heavy atom. The van der Waals surface area contributed by atoms with Crippen molar-refractivity contribution < 1.29 is 27.5 Å². The standard InChI is InChI=1S/C23H19F3N2O3/c1-14-10-15(2)19(12-18(14)23(24,25)26)28-21(30)13-20(29)16-6-5-7-17(11-16)31-22-8-3-4-9-27-22/h3-12H,13H2,1-2H3,(H,28,30). The summed E-state index contributed by atoms with van der Waals surface area (Å²) in [6, 6.07) is 13.6. The number of ketones is 1. The van der Waals surface area contributed by atoms with Crippen LogP contribution in [-0.2, 0) is 11.0 Å². The zero-order valence-corrected chi connectivity index (χ0v) is 16.8. The van der Waals surface area contributed by atoms with E-state index in [-0.39, 0.29) is 16.8 Å². The summed E-state index contributed by atoms with van der Waals surface area (Å²) >= 11 is 0. The summed E-state index contributed by atoms with van der Waals surface area (Å²) in [7, 11) is 0. The minimum Gasteiger partial charge on any atom is -0.439 e. The van der Waals surface area contributed by atoms with Gasteiger partial charge in [-0.1, -0.05) is 24.3 Å². The monoisotopic (exact) mass is 428 g/mol. The molecule has 0 saturated heterocycles. The molecule has 0 bridgehead atoms. The van der Waals surface area contributed by atoms with Crippen molar-refractivity contribution in [1.82, 2.24) is 4.98 Å². The molecule has 1 heterocycles. The SMILES string of the molecule is Cc1cc(C)c(C(F)(F)F)cc1NC(=O)CC(=O)c1cccc(Oc2ccccn2)c1. The number of aryl methyl sites for hydroxylation is 2. The number of anilines is 1. The third kappa shape index (κ3) is 5.69. The van der Waals surface area contributed by atoms with Gasteiger partial charge < -0.3 is 10.1 Å². The smallest absolute Gasteiger partial charge is 0.416 e. The maximum atomic E-state index is 13.1. The molecular weight excluding hydrogens is 409 g/mol. The van der Waals surface area contributed by atoms with E-state index in [1.165, 1.54) is 25.1 Å². The van der Waals surface area contributed by atoms with Gasteiger partial charge in [-0.25, -0.2) is 4.98 Å². The summed E-state index contributed by atoms with van der Waals surface area (Å²) in [5.41, 5.74) is -0.0527. The van der Waals surface area contributed by atoms with Crippen LogP contribution in [0.1, 0.15) is 33.5 Å². The van der Waals surface area contributed by atoms with E-state index in [9.17, 15) is 22.8 Å². The Labute approximate surface area is 176 Å². The van der Waals surface area contributed by atoms with Crippen molar-refractivity contribution in [1.29, 1.82) is 0 Å². The maximum absolute atomic E-state index is 13.1. The topological polar surface area (TPSA) is 68.3 Å². The molecule has 0 aliphatic rings. The number of rotatable bonds is 6. The second-order valence-corrected chi connectivity index (χ2v) is 6.93. The molecule has 0 radical (unpaired) electrons. The van der Waals surface area contributed by atoms with Gasteiger partial charge >= 0.3 is 6.18 Å². The first-order valence-corrected chi connectivity index (χ1v) is 9.34. The Morgan fingerprint density at radius 3 is 2.45 bits per heavy atom. The second kappa shape index (κ2) is 8.99. The molecule has 0 unspecified atom stereocenters. The molecule has 3 aromatic rings. The van der Waals surface area contributed by atoms with Crippen molar-refractivity contribution in [3.8, 4) is 11.6 Å². The van der Waals surface area contributed by atoms with Gasteiger partial charge in [-0.2, -0.15) is 13.2 Å². The van der Waals surface area contributed by atoms with Crippen LogP contribution in [0.4, 0.5) is 18.9 Å². The predicted octanol–water partition coefficient (Wildman–Crippen LogP) is 5.72. The Morgan fingerprint density at radius 2 is 1.77 bits per heavy atom. The highest BCUT2D eigenvalue weighted by Crippen LogP contribution is 2.35. The zero-order chi connectivity index (χ0) is 22.6. The predicted molar refractivity (Wildman–Crippen MR) is 109 cm³/mol. The largest absolute Gasteiger partial charge is 0.439 e. The van der Waals surface area contributed by atoms with Crippen molar-refractivity contribution in [2.75, 3.05) is 5.32 Å². The summed E-state index contributed by atoms with van der Waals surface area (Å²) in [5.74, 6) is -0.486. The van der Waals surface area contributed by atoms with Crippen LogP contribution in [0.25, 0.3) is 0 Å². The van der Waals surface area contributed by atoms with Crippen LogP contribution < -0.4 is 10.1 Å². The Kier molecular flexibility index (Phi) is 6.39. The van der Waals surface area contributed by atoms with Crippen LogP contribution in [-0.4, -0.2) is 16.7 Å². The number of benzene rings is 2. The van der Waals surface area contributed by atoms with Crippen LogP contribution in [0.15, 0.2) is 60.8 Å². The highest BCUT2D eigenvalue weighted by Gasteiger charge is 2.33. The molecule has 1 N–H and O–H groups in total. The molecule has 160 valence electrons. The van der Waals surface area contributed by atoms with Crippen molar-refractivity contribution in [2.24, 2.45) is 0 Å². The van der Waals surface area contributed by atoms with E-state index < -0.39 is 29.9 Å². The third-order valence-electron chi connectivity index (χ3n) is 4.49. The van der Waals surface area contributed by atoms with Crippen molar-refractivity contribution >= 4 is 17.4 Å². The first kappa shape index (κ1) is 22.0. The van der Waals surface area contributed by atoms with Crippen molar-refractivity contribution in [3.63, 3.8) is 0 Å². The summed E-state index contributed by atoms with van der Waals surface area (Å²) in [5, 5.41) is 2.40. The fraction of sp³-hybridized carbons (Fsp3) is 0.174. The second-order valence-electron chi connectivity index (χ2n) is 6.93. The minimum atomic E-state index is -4.54. The van der Waals surface area contributed by atoms with Crippen LogP contribution in [0.3, 0.4) is 0 Å². The number of ether oxygens (including phenoxy) is 1. The van der Waals surface area contributed by atoms with E-state index in [2.05, 4.69) is 10.3 Å². The van der Waals surface area contributed by atoms with E-state index in [0.29, 0.717) is 17.2 Å². The quantitative estimate of drug-likeness (QED) is 0.403. The molecule has 8 heteroatoms. The number of hydrogen-bond acceptors (Lipinski definition) is 4. The van der Waals surface area contributed by atoms with Gasteiger partial charge in [0.1, 0.15) is 5.75 Å². The molecule has 0 saturated carbocycles. The molecule has 31 heavy (non-hydrogen) atoms. The van der Waals surface area contributed by atoms with Crippen LogP contribution >= 0.6 is 0 Å². The molecule has 0 aliphatic carbocycles. The van der Waals surface area contributed by atoms with Gasteiger partial charge in [0.25, 0.3) is 0 Å². The first-order valence-electron chi connectivity index (χ1n) is 9.34. The van der Waals surface area contributed by atoms with Crippen LogP contribution in [0.2, 0.25) is 0 Å². The first-order chi connectivity index (χ1) is 14.6. The van der Waals surface area contributed by atoms with Gasteiger partial charge in [0.05, 0.1) is 12.0 Å². The zero-order valence-electron chi connectivity index (χ0n) is 16.8. The number of amides is 1. The van der Waals surface area contributed by atoms with Crippen molar-refractivity contribution in [2.45, 2.75) is 26.4 Å². The lowest BCUT2D eigenvalue weighted by molar-refractivity contribution is -0.138. The van der Waals surface area contributed by atoms with Gasteiger partial charge in [-0.15, -0.1) is 0 Å².